The lowest BCUT2D eigenvalue weighted by Crippen LogP contribution is -2.03. The van der Waals surface area contributed by atoms with Crippen molar-refractivity contribution in [3.63, 3.8) is 0 Å². The largest absolute Gasteiger partial charge is 0.481 e. The van der Waals surface area contributed by atoms with Crippen molar-refractivity contribution >= 4 is 33.4 Å². The number of carboxylic acids is 1. The van der Waals surface area contributed by atoms with Crippen LogP contribution in [0.3, 0.4) is 0 Å². The number of aliphatic carboxylic acids is 1. The van der Waals surface area contributed by atoms with Gasteiger partial charge in [-0.15, -0.1) is 5.10 Å². The van der Waals surface area contributed by atoms with E-state index in [0.29, 0.717) is 0 Å². The molecule has 0 saturated heterocycles. The van der Waals surface area contributed by atoms with Crippen LogP contribution in [-0.4, -0.2) is 20.7 Å². The van der Waals surface area contributed by atoms with Gasteiger partial charge in [0.25, 0.3) is 0 Å². The van der Waals surface area contributed by atoms with E-state index in [2.05, 4.69) is 25.5 Å². The van der Waals surface area contributed by atoms with Gasteiger partial charge in [0.05, 0.1) is 12.1 Å². The maximum Gasteiger partial charge on any atom is 0.304 e. The van der Waals surface area contributed by atoms with Crippen LogP contribution in [0.25, 0.3) is 0 Å². The van der Waals surface area contributed by atoms with Crippen molar-refractivity contribution in [2.45, 2.75) is 19.3 Å². The molecule has 0 aliphatic rings. The Bertz CT molecular complexity index is 289. The maximum absolute atomic E-state index is 10.4. The first-order chi connectivity index (χ1) is 5.61. The molecule has 0 aliphatic heterocycles. The Balaban J connectivity index is 2.71. The molecular formula is C6H7BrN2O2S. The van der Waals surface area contributed by atoms with Crippen molar-refractivity contribution in [3.05, 3.63) is 9.48 Å². The maximum atomic E-state index is 10.4. The summed E-state index contributed by atoms with van der Waals surface area (Å²) in [6, 6.07) is 0. The molecule has 1 N–H and O–H groups in total. The number of halogens is 1. The van der Waals surface area contributed by atoms with Gasteiger partial charge in [0.15, 0.2) is 0 Å². The molecule has 0 aliphatic carbocycles. The lowest BCUT2D eigenvalue weighted by molar-refractivity contribution is -0.137. The minimum absolute atomic E-state index is 0.0873. The molecule has 0 aromatic carbocycles. The number of rotatable bonds is 3. The first-order valence-corrected chi connectivity index (χ1v) is 4.87. The van der Waals surface area contributed by atoms with Crippen LogP contribution < -0.4 is 0 Å². The van der Waals surface area contributed by atoms with Crippen LogP contribution in [0.15, 0.2) is 3.79 Å². The zero-order chi connectivity index (χ0) is 9.14. The summed E-state index contributed by atoms with van der Waals surface area (Å²) in [6.07, 6.45) is 0.0873. The standard InChI is InChI=1S/C6H7BrN2O2S/c1-3(2-4(10)11)5-6(7)12-9-8-5/h3H,2H2,1H3,(H,10,11). The van der Waals surface area contributed by atoms with Gasteiger partial charge in [-0.25, -0.2) is 0 Å². The SMILES string of the molecule is CC(CC(=O)O)c1nnsc1Br. The van der Waals surface area contributed by atoms with Gasteiger partial charge in [0, 0.05) is 5.92 Å². The van der Waals surface area contributed by atoms with Crippen LogP contribution in [0, 0.1) is 0 Å². The van der Waals surface area contributed by atoms with Crippen molar-refractivity contribution in [1.82, 2.24) is 9.59 Å². The van der Waals surface area contributed by atoms with Crippen LogP contribution in [-0.2, 0) is 4.79 Å². The second kappa shape index (κ2) is 3.95. The molecule has 0 amide bonds. The highest BCUT2D eigenvalue weighted by molar-refractivity contribution is 9.11. The Labute approximate surface area is 81.9 Å². The lowest BCUT2D eigenvalue weighted by Gasteiger charge is -2.03. The molecule has 0 spiro atoms. The topological polar surface area (TPSA) is 63.1 Å². The number of aromatic nitrogens is 2. The van der Waals surface area contributed by atoms with Crippen molar-refractivity contribution in [2.24, 2.45) is 0 Å². The van der Waals surface area contributed by atoms with Crippen LogP contribution in [0.4, 0.5) is 0 Å². The molecule has 6 heteroatoms. The van der Waals surface area contributed by atoms with E-state index in [1.54, 1.807) is 0 Å². The first kappa shape index (κ1) is 9.60. The Kier molecular flexibility index (Phi) is 3.16. The molecule has 66 valence electrons. The second-order valence-corrected chi connectivity index (χ2v) is 4.50. The summed E-state index contributed by atoms with van der Waals surface area (Å²) < 4.78 is 4.52. The Hall–Kier alpha value is -0.490. The van der Waals surface area contributed by atoms with E-state index in [1.807, 2.05) is 6.92 Å². The molecule has 1 heterocycles. The van der Waals surface area contributed by atoms with Gasteiger partial charge in [0.2, 0.25) is 0 Å². The molecule has 1 aromatic rings. The average molecular weight is 251 g/mol. The Morgan fingerprint density at radius 3 is 2.92 bits per heavy atom. The van der Waals surface area contributed by atoms with Crippen molar-refractivity contribution in [3.8, 4) is 0 Å². The van der Waals surface area contributed by atoms with Gasteiger partial charge in [-0.05, 0) is 27.5 Å². The van der Waals surface area contributed by atoms with Gasteiger partial charge in [0.1, 0.15) is 3.79 Å². The first-order valence-electron chi connectivity index (χ1n) is 3.30. The fourth-order valence-electron chi connectivity index (χ4n) is 0.837. The molecule has 0 fully saturated rings. The summed E-state index contributed by atoms with van der Waals surface area (Å²) in [4.78, 5) is 10.4. The van der Waals surface area contributed by atoms with E-state index < -0.39 is 5.97 Å². The number of hydrogen-bond acceptors (Lipinski definition) is 4. The third kappa shape index (κ3) is 2.25. The monoisotopic (exact) mass is 250 g/mol. The molecule has 1 atom stereocenters. The summed E-state index contributed by atoms with van der Waals surface area (Å²) in [5.74, 6) is -0.905. The molecule has 1 aromatic heterocycles. The van der Waals surface area contributed by atoms with Crippen molar-refractivity contribution < 1.29 is 9.90 Å². The molecule has 12 heavy (non-hydrogen) atoms. The molecule has 1 unspecified atom stereocenters. The smallest absolute Gasteiger partial charge is 0.304 e. The van der Waals surface area contributed by atoms with E-state index in [9.17, 15) is 4.79 Å². The van der Waals surface area contributed by atoms with Crippen LogP contribution in [0.5, 0.6) is 0 Å². The number of hydrogen-bond donors (Lipinski definition) is 1. The fourth-order valence-corrected chi connectivity index (χ4v) is 2.04. The predicted octanol–water partition coefficient (Wildman–Crippen LogP) is 1.88. The van der Waals surface area contributed by atoms with Gasteiger partial charge in [-0.1, -0.05) is 11.4 Å². The van der Waals surface area contributed by atoms with Gasteiger partial charge >= 0.3 is 5.97 Å². The number of nitrogens with zero attached hydrogens (tertiary/aromatic N) is 2. The highest BCUT2D eigenvalue weighted by atomic mass is 79.9. The Morgan fingerprint density at radius 2 is 2.50 bits per heavy atom. The second-order valence-electron chi connectivity index (χ2n) is 2.43. The number of carbonyl (C=O) groups is 1. The summed E-state index contributed by atoms with van der Waals surface area (Å²) >= 11 is 4.48. The van der Waals surface area contributed by atoms with Gasteiger partial charge in [-0.2, -0.15) is 0 Å². The van der Waals surface area contributed by atoms with Crippen LogP contribution >= 0.6 is 27.5 Å². The predicted molar refractivity (Wildman–Crippen MR) is 48.3 cm³/mol. The minimum atomic E-state index is -0.817. The minimum Gasteiger partial charge on any atom is -0.481 e. The van der Waals surface area contributed by atoms with Gasteiger partial charge < -0.3 is 5.11 Å². The normalized spacial score (nSPS) is 12.8. The van der Waals surface area contributed by atoms with E-state index in [4.69, 9.17) is 5.11 Å². The van der Waals surface area contributed by atoms with Crippen LogP contribution in [0.2, 0.25) is 0 Å². The summed E-state index contributed by atoms with van der Waals surface area (Å²) in [7, 11) is 0. The van der Waals surface area contributed by atoms with Gasteiger partial charge in [-0.3, -0.25) is 4.79 Å². The van der Waals surface area contributed by atoms with Crippen LogP contribution in [0.1, 0.15) is 25.0 Å². The summed E-state index contributed by atoms with van der Waals surface area (Å²) in [5.41, 5.74) is 0.724. The zero-order valence-corrected chi connectivity index (χ0v) is 8.72. The highest BCUT2D eigenvalue weighted by Crippen LogP contribution is 2.27. The van der Waals surface area contributed by atoms with E-state index in [-0.39, 0.29) is 12.3 Å². The third-order valence-electron chi connectivity index (χ3n) is 1.42. The lowest BCUT2D eigenvalue weighted by atomic mass is 10.1. The molecule has 1 rings (SSSR count). The van der Waals surface area contributed by atoms with Crippen molar-refractivity contribution in [1.29, 1.82) is 0 Å². The molecule has 4 nitrogen and oxygen atoms in total. The highest BCUT2D eigenvalue weighted by Gasteiger charge is 2.16. The molecule has 0 saturated carbocycles. The van der Waals surface area contributed by atoms with E-state index >= 15 is 0 Å². The van der Waals surface area contributed by atoms with E-state index in [0.717, 1.165) is 9.48 Å². The van der Waals surface area contributed by atoms with Crippen molar-refractivity contribution in [2.75, 3.05) is 0 Å². The molecule has 0 bridgehead atoms. The zero-order valence-electron chi connectivity index (χ0n) is 6.32. The summed E-state index contributed by atoms with van der Waals surface area (Å²) in [5, 5.41) is 12.3. The summed E-state index contributed by atoms with van der Waals surface area (Å²) in [6.45, 7) is 1.82. The third-order valence-corrected chi connectivity index (χ3v) is 2.79. The van der Waals surface area contributed by atoms with E-state index in [1.165, 1.54) is 11.5 Å². The fraction of sp³-hybridized carbons (Fsp3) is 0.500. The molecule has 0 radical (unpaired) electrons. The quantitative estimate of drug-likeness (QED) is 0.890. The Morgan fingerprint density at radius 1 is 1.83 bits per heavy atom. The number of carboxylic acid groups (broad SMARTS) is 1. The average Bonchev–Trinajstić information content (AvgIpc) is 2.33. The molecular weight excluding hydrogens is 244 g/mol.